The number of hydrogen-bond donors (Lipinski definition) is 0. The van der Waals surface area contributed by atoms with E-state index >= 15 is 0 Å². The highest BCUT2D eigenvalue weighted by molar-refractivity contribution is 6.22. The Labute approximate surface area is 257 Å². The zero-order chi connectivity index (χ0) is 29.3. The molecule has 0 unspecified atom stereocenters. The van der Waals surface area contributed by atoms with Crippen LogP contribution in [0.15, 0.2) is 182 Å². The van der Waals surface area contributed by atoms with E-state index in [0.717, 1.165) is 28.4 Å². The summed E-state index contributed by atoms with van der Waals surface area (Å²) in [7, 11) is 0. The van der Waals surface area contributed by atoms with Crippen LogP contribution in [0.4, 0.5) is 34.1 Å². The second-order valence-electron chi connectivity index (χ2n) is 11.0. The van der Waals surface area contributed by atoms with Gasteiger partial charge in [0.05, 0.1) is 11.4 Å². The largest absolute Gasteiger partial charge is 0.310 e. The number of fused-ring (bicyclic) bond motifs is 4. The Hall–Kier alpha value is -5.86. The second-order valence-corrected chi connectivity index (χ2v) is 11.0. The number of nitrogens with zero attached hydrogens (tertiary/aromatic N) is 2. The lowest BCUT2D eigenvalue weighted by atomic mass is 9.94. The Balaban J connectivity index is 1.45. The predicted octanol–water partition coefficient (Wildman–Crippen LogP) is 12.1. The molecule has 0 aliphatic carbocycles. The molecule has 2 nitrogen and oxygen atoms in total. The van der Waals surface area contributed by atoms with Crippen LogP contribution in [-0.2, 0) is 0 Å². The molecule has 0 atom stereocenters. The van der Waals surface area contributed by atoms with Gasteiger partial charge >= 0.3 is 0 Å². The fourth-order valence-corrected chi connectivity index (χ4v) is 6.44. The molecule has 8 rings (SSSR count). The minimum Gasteiger partial charge on any atom is -0.310 e. The molecule has 0 aliphatic heterocycles. The smallest absolute Gasteiger partial charge is 0.0618 e. The minimum absolute atomic E-state index is 1.13. The quantitative estimate of drug-likeness (QED) is 0.147. The lowest BCUT2D eigenvalue weighted by molar-refractivity contribution is 1.30. The summed E-state index contributed by atoms with van der Waals surface area (Å²) in [5, 5.41) is 7.32. The lowest BCUT2D eigenvalue weighted by Gasteiger charge is -2.29. The zero-order valence-corrected chi connectivity index (χ0v) is 24.2. The van der Waals surface area contributed by atoms with Crippen LogP contribution in [0.3, 0.4) is 0 Å². The van der Waals surface area contributed by atoms with Crippen LogP contribution in [-0.4, -0.2) is 0 Å². The Morgan fingerprint density at radius 1 is 0.273 bits per heavy atom. The fraction of sp³-hybridized carbons (Fsp3) is 0. The van der Waals surface area contributed by atoms with Crippen molar-refractivity contribution in [2.75, 3.05) is 9.80 Å². The van der Waals surface area contributed by atoms with Crippen LogP contribution in [0, 0.1) is 0 Å². The molecule has 8 aromatic rings. The van der Waals surface area contributed by atoms with Gasteiger partial charge in [-0.2, -0.15) is 0 Å². The Morgan fingerprint density at radius 2 is 0.727 bits per heavy atom. The lowest BCUT2D eigenvalue weighted by Crippen LogP contribution is -2.11. The van der Waals surface area contributed by atoms with Crippen molar-refractivity contribution < 1.29 is 0 Å². The maximum Gasteiger partial charge on any atom is 0.0618 e. The first-order valence-electron chi connectivity index (χ1n) is 15.0. The molecule has 44 heavy (non-hydrogen) atoms. The molecule has 0 N–H and O–H groups in total. The van der Waals surface area contributed by atoms with Crippen LogP contribution in [0.2, 0.25) is 0 Å². The van der Waals surface area contributed by atoms with Crippen LogP contribution < -0.4 is 9.80 Å². The van der Waals surface area contributed by atoms with Gasteiger partial charge in [0, 0.05) is 38.9 Å². The number of para-hydroxylation sites is 4. The summed E-state index contributed by atoms with van der Waals surface area (Å²) in [6.45, 7) is 0. The molecule has 0 fully saturated rings. The van der Waals surface area contributed by atoms with E-state index in [1.807, 2.05) is 0 Å². The summed E-state index contributed by atoms with van der Waals surface area (Å²) in [4.78, 5) is 4.76. The molecular weight excluding hydrogens is 532 g/mol. The molecule has 0 radical (unpaired) electrons. The first kappa shape index (κ1) is 25.8. The summed E-state index contributed by atoms with van der Waals surface area (Å²) < 4.78 is 0. The summed E-state index contributed by atoms with van der Waals surface area (Å²) in [6.07, 6.45) is 0. The summed E-state index contributed by atoms with van der Waals surface area (Å²) >= 11 is 0. The van der Waals surface area contributed by atoms with E-state index < -0.39 is 0 Å². The number of rotatable bonds is 6. The first-order chi connectivity index (χ1) is 21.9. The maximum absolute atomic E-state index is 2.40. The zero-order valence-electron chi connectivity index (χ0n) is 24.2. The van der Waals surface area contributed by atoms with E-state index in [-0.39, 0.29) is 0 Å². The van der Waals surface area contributed by atoms with Gasteiger partial charge in [0.25, 0.3) is 0 Å². The van der Waals surface area contributed by atoms with Gasteiger partial charge in [-0.25, -0.2) is 0 Å². The van der Waals surface area contributed by atoms with E-state index in [0.29, 0.717) is 0 Å². The van der Waals surface area contributed by atoms with Gasteiger partial charge in [0.15, 0.2) is 0 Å². The summed E-state index contributed by atoms with van der Waals surface area (Å²) in [5.74, 6) is 0. The van der Waals surface area contributed by atoms with Gasteiger partial charge in [0.2, 0.25) is 0 Å². The SMILES string of the molecule is c1ccc(N(c2ccccc2)c2cccc3c2ccc2c(N(c4ccccc4)c4ccccc4)c4ccccc4cc23)cc1. The van der Waals surface area contributed by atoms with Gasteiger partial charge in [-0.3, -0.25) is 0 Å². The van der Waals surface area contributed by atoms with Crippen molar-refractivity contribution in [1.29, 1.82) is 0 Å². The van der Waals surface area contributed by atoms with E-state index in [2.05, 4.69) is 192 Å². The van der Waals surface area contributed by atoms with Crippen molar-refractivity contribution >= 4 is 66.4 Å². The third-order valence-corrected chi connectivity index (χ3v) is 8.37. The molecule has 0 heterocycles. The van der Waals surface area contributed by atoms with Crippen LogP contribution in [0.25, 0.3) is 32.3 Å². The highest BCUT2D eigenvalue weighted by Crippen LogP contribution is 2.47. The van der Waals surface area contributed by atoms with Gasteiger partial charge in [-0.15, -0.1) is 0 Å². The molecule has 0 amide bonds. The van der Waals surface area contributed by atoms with Gasteiger partial charge in [-0.1, -0.05) is 121 Å². The topological polar surface area (TPSA) is 6.48 Å². The van der Waals surface area contributed by atoms with Crippen molar-refractivity contribution in [3.8, 4) is 0 Å². The molecule has 0 saturated carbocycles. The minimum atomic E-state index is 1.13. The molecule has 208 valence electrons. The third-order valence-electron chi connectivity index (χ3n) is 8.37. The molecule has 0 spiro atoms. The van der Waals surface area contributed by atoms with Crippen LogP contribution >= 0.6 is 0 Å². The number of anilines is 6. The van der Waals surface area contributed by atoms with E-state index in [4.69, 9.17) is 0 Å². The molecule has 2 heteroatoms. The number of hydrogen-bond acceptors (Lipinski definition) is 2. The van der Waals surface area contributed by atoms with Crippen molar-refractivity contribution in [2.24, 2.45) is 0 Å². The maximum atomic E-state index is 2.40. The standard InChI is InChI=1S/C42H30N2/c1-5-17-32(18-6-1)43(33-19-7-2-8-20-33)41-27-15-26-37-38(41)28-29-39-40(37)30-31-16-13-14-25-36(31)42(39)44(34-21-9-3-10-22-34)35-23-11-4-12-24-35/h1-30H. The summed E-state index contributed by atoms with van der Waals surface area (Å²) in [6, 6.07) is 65.1. The van der Waals surface area contributed by atoms with Crippen molar-refractivity contribution in [1.82, 2.24) is 0 Å². The highest BCUT2D eigenvalue weighted by atomic mass is 15.1. The van der Waals surface area contributed by atoms with E-state index in [1.165, 1.54) is 38.0 Å². The van der Waals surface area contributed by atoms with E-state index in [9.17, 15) is 0 Å². The van der Waals surface area contributed by atoms with Gasteiger partial charge < -0.3 is 9.80 Å². The van der Waals surface area contributed by atoms with Crippen molar-refractivity contribution in [3.05, 3.63) is 182 Å². The molecule has 0 saturated heterocycles. The first-order valence-corrected chi connectivity index (χ1v) is 15.0. The Bertz CT molecular complexity index is 2130. The normalized spacial score (nSPS) is 11.2. The van der Waals surface area contributed by atoms with Gasteiger partial charge in [0.1, 0.15) is 0 Å². The molecular formula is C42H30N2. The average molecular weight is 563 g/mol. The Morgan fingerprint density at radius 3 is 1.30 bits per heavy atom. The Kier molecular flexibility index (Phi) is 6.51. The molecule has 0 aromatic heterocycles. The number of benzene rings is 8. The fourth-order valence-electron chi connectivity index (χ4n) is 6.44. The third kappa shape index (κ3) is 4.45. The molecule has 0 bridgehead atoms. The van der Waals surface area contributed by atoms with E-state index in [1.54, 1.807) is 0 Å². The highest BCUT2D eigenvalue weighted by Gasteiger charge is 2.21. The molecule has 8 aromatic carbocycles. The molecule has 0 aliphatic rings. The summed E-state index contributed by atoms with van der Waals surface area (Å²) in [5.41, 5.74) is 6.86. The van der Waals surface area contributed by atoms with Crippen LogP contribution in [0.5, 0.6) is 0 Å². The van der Waals surface area contributed by atoms with Crippen molar-refractivity contribution in [2.45, 2.75) is 0 Å². The monoisotopic (exact) mass is 562 g/mol. The van der Waals surface area contributed by atoms with Gasteiger partial charge in [-0.05, 0) is 76.8 Å². The van der Waals surface area contributed by atoms with Crippen LogP contribution in [0.1, 0.15) is 0 Å². The van der Waals surface area contributed by atoms with Crippen molar-refractivity contribution in [3.63, 3.8) is 0 Å². The average Bonchev–Trinajstić information content (AvgIpc) is 3.10. The second kappa shape index (κ2) is 11.1. The predicted molar refractivity (Wildman–Crippen MR) is 188 cm³/mol.